The summed E-state index contributed by atoms with van der Waals surface area (Å²) in [7, 11) is 0. The van der Waals surface area contributed by atoms with Crippen LogP contribution in [-0.4, -0.2) is 23.9 Å². The van der Waals surface area contributed by atoms with Gasteiger partial charge in [-0.15, -0.1) is 11.3 Å². The van der Waals surface area contributed by atoms with E-state index in [1.807, 2.05) is 41.7 Å². The highest BCUT2D eigenvalue weighted by atomic mass is 32.1. The zero-order chi connectivity index (χ0) is 21.7. The fourth-order valence-electron chi connectivity index (χ4n) is 4.32. The Bertz CT molecular complexity index is 973. The van der Waals surface area contributed by atoms with Crippen molar-refractivity contribution in [2.24, 2.45) is 5.92 Å². The Balaban J connectivity index is 1.29. The van der Waals surface area contributed by atoms with Gasteiger partial charge in [-0.05, 0) is 81.9 Å². The fraction of sp³-hybridized carbons (Fsp3) is 0.370. The fourth-order valence-corrected chi connectivity index (χ4v) is 5.43. The molecule has 0 saturated carbocycles. The summed E-state index contributed by atoms with van der Waals surface area (Å²) in [5, 5.41) is 3.19. The second-order valence-electron chi connectivity index (χ2n) is 9.12. The van der Waals surface area contributed by atoms with Crippen LogP contribution in [0.3, 0.4) is 0 Å². The first-order valence-electron chi connectivity index (χ1n) is 11.2. The Kier molecular flexibility index (Phi) is 6.89. The molecule has 1 saturated heterocycles. The smallest absolute Gasteiger partial charge is 0.251 e. The zero-order valence-electron chi connectivity index (χ0n) is 18.5. The first-order chi connectivity index (χ1) is 15.0. The lowest BCUT2D eigenvalue weighted by Crippen LogP contribution is -2.40. The Morgan fingerprint density at radius 1 is 0.968 bits per heavy atom. The van der Waals surface area contributed by atoms with Gasteiger partial charge in [0.25, 0.3) is 5.91 Å². The van der Waals surface area contributed by atoms with Crippen molar-refractivity contribution in [3.05, 3.63) is 93.7 Å². The first kappa shape index (κ1) is 21.8. The first-order valence-corrected chi connectivity index (χ1v) is 12.0. The lowest BCUT2D eigenvalue weighted by atomic mass is 9.90. The summed E-state index contributed by atoms with van der Waals surface area (Å²) in [5.74, 6) is 0.769. The molecule has 31 heavy (non-hydrogen) atoms. The van der Waals surface area contributed by atoms with Crippen molar-refractivity contribution in [1.29, 1.82) is 0 Å². The second-order valence-corrected chi connectivity index (χ2v) is 10.3. The molecule has 3 nitrogen and oxygen atoms in total. The van der Waals surface area contributed by atoms with Crippen LogP contribution in [-0.2, 0) is 18.5 Å². The maximum absolute atomic E-state index is 12.6. The highest BCUT2D eigenvalue weighted by Crippen LogP contribution is 2.30. The van der Waals surface area contributed by atoms with Gasteiger partial charge in [0.1, 0.15) is 0 Å². The number of benzene rings is 2. The quantitative estimate of drug-likeness (QED) is 0.506. The summed E-state index contributed by atoms with van der Waals surface area (Å²) >= 11 is 1.82. The molecular weight excluding hydrogens is 400 g/mol. The molecule has 1 aliphatic heterocycles. The summed E-state index contributed by atoms with van der Waals surface area (Å²) in [6.45, 7) is 7.50. The van der Waals surface area contributed by atoms with Gasteiger partial charge in [-0.1, -0.05) is 48.5 Å². The summed E-state index contributed by atoms with van der Waals surface area (Å²) in [6, 6.07) is 24.7. The number of thiophene rings is 1. The summed E-state index contributed by atoms with van der Waals surface area (Å²) in [5.41, 5.74) is 1.77. The van der Waals surface area contributed by atoms with Gasteiger partial charge in [-0.3, -0.25) is 9.69 Å². The van der Waals surface area contributed by atoms with Crippen LogP contribution in [0.4, 0.5) is 0 Å². The van der Waals surface area contributed by atoms with Crippen LogP contribution >= 0.6 is 11.3 Å². The molecule has 4 rings (SSSR count). The highest BCUT2D eigenvalue weighted by Gasteiger charge is 2.26. The van der Waals surface area contributed by atoms with Crippen molar-refractivity contribution in [2.45, 2.75) is 45.2 Å². The molecule has 1 fully saturated rings. The van der Waals surface area contributed by atoms with Gasteiger partial charge in [0, 0.05) is 21.9 Å². The maximum atomic E-state index is 12.6. The van der Waals surface area contributed by atoms with Crippen LogP contribution in [0.5, 0.6) is 0 Å². The number of likely N-dealkylation sites (tertiary alicyclic amines) is 1. The van der Waals surface area contributed by atoms with E-state index in [0.717, 1.165) is 12.5 Å². The average molecular weight is 433 g/mol. The number of amides is 1. The van der Waals surface area contributed by atoms with Crippen LogP contribution in [0, 0.1) is 5.92 Å². The molecule has 1 aromatic heterocycles. The Hall–Kier alpha value is -2.43. The molecule has 1 aliphatic rings. The summed E-state index contributed by atoms with van der Waals surface area (Å²) in [6.07, 6.45) is 3.74. The minimum absolute atomic E-state index is 0.0268. The van der Waals surface area contributed by atoms with Crippen molar-refractivity contribution in [1.82, 2.24) is 10.2 Å². The van der Waals surface area contributed by atoms with Gasteiger partial charge in [0.15, 0.2) is 0 Å². The molecule has 0 unspecified atom stereocenters. The molecule has 0 aliphatic carbocycles. The predicted molar refractivity (Wildman–Crippen MR) is 129 cm³/mol. The van der Waals surface area contributed by atoms with E-state index in [4.69, 9.17) is 0 Å². The Morgan fingerprint density at radius 3 is 2.29 bits per heavy atom. The normalized spacial score (nSPS) is 15.7. The van der Waals surface area contributed by atoms with E-state index < -0.39 is 5.54 Å². The molecule has 0 spiro atoms. The summed E-state index contributed by atoms with van der Waals surface area (Å²) in [4.78, 5) is 17.8. The van der Waals surface area contributed by atoms with E-state index in [9.17, 15) is 4.79 Å². The van der Waals surface area contributed by atoms with Crippen molar-refractivity contribution in [2.75, 3.05) is 13.1 Å². The van der Waals surface area contributed by atoms with Gasteiger partial charge >= 0.3 is 0 Å². The van der Waals surface area contributed by atoms with Gasteiger partial charge in [0.2, 0.25) is 0 Å². The number of carbonyl (C=O) groups is 1. The van der Waals surface area contributed by atoms with Crippen LogP contribution in [0.25, 0.3) is 0 Å². The Labute approximate surface area is 190 Å². The number of hydrogen-bond donors (Lipinski definition) is 1. The van der Waals surface area contributed by atoms with Crippen LogP contribution in [0.1, 0.15) is 52.4 Å². The van der Waals surface area contributed by atoms with E-state index >= 15 is 0 Å². The molecule has 0 bridgehead atoms. The number of nitrogens with one attached hydrogen (secondary N) is 1. The van der Waals surface area contributed by atoms with Gasteiger partial charge in [0.05, 0.1) is 5.54 Å². The molecule has 0 atom stereocenters. The van der Waals surface area contributed by atoms with Crippen molar-refractivity contribution < 1.29 is 4.79 Å². The van der Waals surface area contributed by atoms with Crippen LogP contribution in [0.2, 0.25) is 0 Å². The number of piperidine rings is 1. The van der Waals surface area contributed by atoms with E-state index in [2.05, 4.69) is 66.5 Å². The minimum Gasteiger partial charge on any atom is -0.342 e. The van der Waals surface area contributed by atoms with E-state index in [1.165, 1.54) is 47.7 Å². The molecule has 1 amide bonds. The monoisotopic (exact) mass is 432 g/mol. The van der Waals surface area contributed by atoms with E-state index in [-0.39, 0.29) is 5.91 Å². The molecular formula is C27H32N2OS. The van der Waals surface area contributed by atoms with E-state index in [0.29, 0.717) is 5.56 Å². The van der Waals surface area contributed by atoms with E-state index in [1.54, 1.807) is 0 Å². The van der Waals surface area contributed by atoms with Crippen molar-refractivity contribution >= 4 is 17.2 Å². The number of rotatable bonds is 7. The highest BCUT2D eigenvalue weighted by molar-refractivity contribution is 7.12. The summed E-state index contributed by atoms with van der Waals surface area (Å²) < 4.78 is 0. The van der Waals surface area contributed by atoms with Gasteiger partial charge in [-0.25, -0.2) is 0 Å². The molecule has 162 valence electrons. The maximum Gasteiger partial charge on any atom is 0.251 e. The second kappa shape index (κ2) is 9.80. The van der Waals surface area contributed by atoms with Gasteiger partial charge < -0.3 is 5.32 Å². The predicted octanol–water partition coefficient (Wildman–Crippen LogP) is 5.87. The number of carbonyl (C=O) groups excluding carboxylic acids is 1. The lowest BCUT2D eigenvalue weighted by molar-refractivity contribution is 0.0913. The van der Waals surface area contributed by atoms with Crippen LogP contribution < -0.4 is 5.32 Å². The van der Waals surface area contributed by atoms with Gasteiger partial charge in [-0.2, -0.15) is 0 Å². The third-order valence-corrected chi connectivity index (χ3v) is 7.59. The molecule has 4 heteroatoms. The standard InChI is InChI=1S/C27H32N2OS/c1-27(2,28-26(30)23-11-7-4-8-12-23)25-14-13-24(31-25)20-29-17-15-22(16-18-29)19-21-9-5-3-6-10-21/h3-14,22H,15-20H2,1-2H3,(H,28,30). The zero-order valence-corrected chi connectivity index (χ0v) is 19.3. The average Bonchev–Trinajstić information content (AvgIpc) is 3.26. The SMILES string of the molecule is CC(C)(NC(=O)c1ccccc1)c1ccc(CN2CCC(Cc3ccccc3)CC2)s1. The molecule has 2 aromatic carbocycles. The van der Waals surface area contributed by atoms with Crippen molar-refractivity contribution in [3.63, 3.8) is 0 Å². The number of hydrogen-bond acceptors (Lipinski definition) is 3. The third-order valence-electron chi connectivity index (χ3n) is 6.19. The van der Waals surface area contributed by atoms with Crippen LogP contribution in [0.15, 0.2) is 72.8 Å². The van der Waals surface area contributed by atoms with Crippen molar-refractivity contribution in [3.8, 4) is 0 Å². The largest absolute Gasteiger partial charge is 0.342 e. The minimum atomic E-state index is -0.390. The Morgan fingerprint density at radius 2 is 1.61 bits per heavy atom. The molecule has 3 aromatic rings. The number of nitrogens with zero attached hydrogens (tertiary/aromatic N) is 1. The lowest BCUT2D eigenvalue weighted by Gasteiger charge is -2.31. The third kappa shape index (κ3) is 5.84. The topological polar surface area (TPSA) is 32.3 Å². The molecule has 1 N–H and O–H groups in total. The molecule has 2 heterocycles. The molecule has 0 radical (unpaired) electrons.